The quantitative estimate of drug-likeness (QED) is 0.652. The molecular formula is C20H21FN8O2. The number of methoxy groups -OCH3 is 1. The highest BCUT2D eigenvalue weighted by Crippen LogP contribution is 2.32. The van der Waals surface area contributed by atoms with Crippen molar-refractivity contribution in [3.8, 4) is 11.5 Å². The number of amides is 1. The maximum absolute atomic E-state index is 14.2. The van der Waals surface area contributed by atoms with Crippen molar-refractivity contribution in [2.45, 2.75) is 19.4 Å². The van der Waals surface area contributed by atoms with Crippen LogP contribution in [0.15, 0.2) is 41.9 Å². The summed E-state index contributed by atoms with van der Waals surface area (Å²) in [5, 5.41) is 5.25. The van der Waals surface area contributed by atoms with E-state index in [1.165, 1.54) is 20.2 Å². The van der Waals surface area contributed by atoms with Crippen molar-refractivity contribution in [2.75, 3.05) is 30.5 Å². The fourth-order valence-corrected chi connectivity index (χ4v) is 3.47. The van der Waals surface area contributed by atoms with Gasteiger partial charge in [-0.1, -0.05) is 6.08 Å². The highest BCUT2D eigenvalue weighted by Gasteiger charge is 2.23. The van der Waals surface area contributed by atoms with Crippen molar-refractivity contribution in [1.82, 2.24) is 24.7 Å². The van der Waals surface area contributed by atoms with Crippen LogP contribution in [0, 0.1) is 0 Å². The number of hydrogen-bond acceptors (Lipinski definition) is 8. The van der Waals surface area contributed by atoms with Crippen LogP contribution in [0.5, 0.6) is 0 Å². The van der Waals surface area contributed by atoms with Gasteiger partial charge in [0.2, 0.25) is 0 Å². The smallest absolute Gasteiger partial charge is 0.413 e. The molecular weight excluding hydrogens is 403 g/mol. The minimum atomic E-state index is -0.662. The van der Waals surface area contributed by atoms with Crippen LogP contribution in [0.1, 0.15) is 12.8 Å². The van der Waals surface area contributed by atoms with Crippen molar-refractivity contribution in [1.29, 1.82) is 0 Å². The van der Waals surface area contributed by atoms with Crippen LogP contribution in [0.3, 0.4) is 0 Å². The first kappa shape index (κ1) is 20.3. The third-order valence-electron chi connectivity index (χ3n) is 5.00. The number of carbonyl (C=O) groups is 1. The Kier molecular flexibility index (Phi) is 5.24. The Balaban J connectivity index is 1.80. The van der Waals surface area contributed by atoms with Crippen molar-refractivity contribution in [3.63, 3.8) is 0 Å². The predicted octanol–water partition coefficient (Wildman–Crippen LogP) is 2.83. The van der Waals surface area contributed by atoms with Crippen LogP contribution in [0.2, 0.25) is 0 Å². The number of pyridine rings is 1. The molecule has 0 atom stereocenters. The number of rotatable bonds is 4. The van der Waals surface area contributed by atoms with Crippen molar-refractivity contribution in [3.05, 3.63) is 41.9 Å². The molecule has 3 aromatic rings. The lowest BCUT2D eigenvalue weighted by molar-refractivity contribution is 0.180. The van der Waals surface area contributed by atoms with E-state index in [0.29, 0.717) is 28.7 Å². The van der Waals surface area contributed by atoms with Crippen LogP contribution in [-0.2, 0) is 11.3 Å². The van der Waals surface area contributed by atoms with Gasteiger partial charge in [0.1, 0.15) is 17.2 Å². The van der Waals surface area contributed by atoms with E-state index in [9.17, 15) is 9.18 Å². The third-order valence-corrected chi connectivity index (χ3v) is 5.00. The van der Waals surface area contributed by atoms with Gasteiger partial charge in [-0.3, -0.25) is 4.90 Å². The van der Waals surface area contributed by atoms with Crippen molar-refractivity contribution in [2.24, 2.45) is 0 Å². The number of nitrogens with zero attached hydrogens (tertiary/aromatic N) is 6. The second kappa shape index (κ2) is 8.01. The summed E-state index contributed by atoms with van der Waals surface area (Å²) < 4.78 is 20.5. The number of anilines is 3. The lowest BCUT2D eigenvalue weighted by Gasteiger charge is -2.18. The fourth-order valence-electron chi connectivity index (χ4n) is 3.47. The predicted molar refractivity (Wildman–Crippen MR) is 115 cm³/mol. The molecule has 0 aliphatic heterocycles. The molecule has 31 heavy (non-hydrogen) atoms. The molecule has 4 rings (SSSR count). The average Bonchev–Trinajstić information content (AvgIpc) is 3.12. The van der Waals surface area contributed by atoms with E-state index in [1.54, 1.807) is 23.0 Å². The molecule has 1 amide bonds. The number of ether oxygens (including phenoxy) is 1. The normalized spacial score (nSPS) is 13.6. The zero-order valence-corrected chi connectivity index (χ0v) is 17.0. The minimum Gasteiger partial charge on any atom is -0.452 e. The first-order chi connectivity index (χ1) is 14.9. The lowest BCUT2D eigenvalue weighted by atomic mass is 10.0. The van der Waals surface area contributed by atoms with E-state index in [1.807, 2.05) is 6.07 Å². The van der Waals surface area contributed by atoms with Crippen LogP contribution >= 0.6 is 0 Å². The van der Waals surface area contributed by atoms with E-state index in [4.69, 9.17) is 11.5 Å². The van der Waals surface area contributed by atoms with Gasteiger partial charge in [0.25, 0.3) is 0 Å². The zero-order valence-electron chi connectivity index (χ0n) is 17.0. The molecule has 3 aromatic heterocycles. The fraction of sp³-hybridized carbons (Fsp3) is 0.250. The molecule has 0 saturated heterocycles. The van der Waals surface area contributed by atoms with Gasteiger partial charge >= 0.3 is 6.09 Å². The first-order valence-electron chi connectivity index (χ1n) is 9.51. The largest absolute Gasteiger partial charge is 0.452 e. The molecule has 0 spiro atoms. The molecule has 0 radical (unpaired) electrons. The number of halogens is 1. The molecule has 10 nitrogen and oxygen atoms in total. The van der Waals surface area contributed by atoms with Gasteiger partial charge in [0.15, 0.2) is 23.1 Å². The summed E-state index contributed by atoms with van der Waals surface area (Å²) in [4.78, 5) is 26.0. The second-order valence-corrected chi connectivity index (χ2v) is 6.97. The summed E-state index contributed by atoms with van der Waals surface area (Å²) in [5.74, 6) is -0.0969. The summed E-state index contributed by atoms with van der Waals surface area (Å²) in [5.41, 5.74) is 13.9. The maximum atomic E-state index is 14.2. The number of hydrogen-bond donors (Lipinski definition) is 2. The Hall–Kier alpha value is -4.02. The third kappa shape index (κ3) is 3.65. The van der Waals surface area contributed by atoms with Gasteiger partial charge in [-0.2, -0.15) is 5.10 Å². The summed E-state index contributed by atoms with van der Waals surface area (Å²) in [7, 11) is 2.69. The highest BCUT2D eigenvalue weighted by atomic mass is 19.1. The Morgan fingerprint density at radius 1 is 1.32 bits per heavy atom. The molecule has 3 heterocycles. The van der Waals surface area contributed by atoms with Crippen LogP contribution in [0.4, 0.5) is 26.5 Å². The van der Waals surface area contributed by atoms with Crippen molar-refractivity contribution < 1.29 is 13.9 Å². The van der Waals surface area contributed by atoms with E-state index >= 15 is 0 Å². The van der Waals surface area contributed by atoms with Gasteiger partial charge in [-0.05, 0) is 36.6 Å². The standard InChI is InChI=1S/C20H21FN8O2/c1-28(20(30)31-2)15-16(22)25-18(26-17(15)23)14-12-7-5-9-24-19(12)29(27-14)10-11-6-3-4-8-13(11)21/h4-5,7-9H,3,6,10H2,1-2H3,(H4,22,23,25,26). The Bertz CT molecular complexity index is 1210. The van der Waals surface area contributed by atoms with E-state index in [2.05, 4.69) is 24.8 Å². The van der Waals surface area contributed by atoms with E-state index in [-0.39, 0.29) is 35.5 Å². The molecule has 1 aliphatic rings. The summed E-state index contributed by atoms with van der Waals surface area (Å²) in [6.45, 7) is 0.248. The van der Waals surface area contributed by atoms with Crippen LogP contribution in [0.25, 0.3) is 22.6 Å². The molecule has 0 aromatic carbocycles. The molecule has 0 saturated carbocycles. The molecule has 0 bridgehead atoms. The minimum absolute atomic E-state index is 0.00633. The SMILES string of the molecule is COC(=O)N(C)c1c(N)nc(-c2nn(CC3=C(F)C=CCC3)c3ncccc23)nc1N. The highest BCUT2D eigenvalue weighted by molar-refractivity contribution is 5.96. The second-order valence-electron chi connectivity index (χ2n) is 6.97. The van der Waals surface area contributed by atoms with Gasteiger partial charge in [0.05, 0.1) is 19.0 Å². The number of aromatic nitrogens is 5. The maximum Gasteiger partial charge on any atom is 0.413 e. The van der Waals surface area contributed by atoms with E-state index in [0.717, 1.165) is 11.3 Å². The van der Waals surface area contributed by atoms with E-state index < -0.39 is 6.09 Å². The molecule has 4 N–H and O–H groups in total. The lowest BCUT2D eigenvalue weighted by Crippen LogP contribution is -2.28. The summed E-state index contributed by atoms with van der Waals surface area (Å²) >= 11 is 0. The number of nitrogen functional groups attached to an aromatic ring is 2. The van der Waals surface area contributed by atoms with Crippen molar-refractivity contribution >= 4 is 34.4 Å². The molecule has 1 aliphatic carbocycles. The Morgan fingerprint density at radius 3 is 2.74 bits per heavy atom. The van der Waals surface area contributed by atoms with Crippen LogP contribution in [-0.4, -0.2) is 45.0 Å². The summed E-state index contributed by atoms with van der Waals surface area (Å²) in [6, 6.07) is 3.57. The molecule has 160 valence electrons. The van der Waals surface area contributed by atoms with Crippen LogP contribution < -0.4 is 16.4 Å². The van der Waals surface area contributed by atoms with Gasteiger partial charge in [0, 0.05) is 13.2 Å². The number of fused-ring (bicyclic) bond motifs is 1. The first-order valence-corrected chi connectivity index (χ1v) is 9.51. The Morgan fingerprint density at radius 2 is 2.06 bits per heavy atom. The van der Waals surface area contributed by atoms with Gasteiger partial charge in [-0.25, -0.2) is 28.8 Å². The van der Waals surface area contributed by atoms with Gasteiger partial charge < -0.3 is 16.2 Å². The number of nitrogens with two attached hydrogens (primary N) is 2. The number of allylic oxidation sites excluding steroid dienone is 4. The topological polar surface area (TPSA) is 138 Å². The monoisotopic (exact) mass is 424 g/mol. The Labute approximate surface area is 177 Å². The average molecular weight is 424 g/mol. The van der Waals surface area contributed by atoms with Gasteiger partial charge in [-0.15, -0.1) is 0 Å². The molecule has 0 unspecified atom stereocenters. The molecule has 0 fully saturated rings. The summed E-state index contributed by atoms with van der Waals surface area (Å²) in [6.07, 6.45) is 5.62. The molecule has 11 heteroatoms. The number of carbonyl (C=O) groups excluding carboxylic acids is 1. The zero-order chi connectivity index (χ0) is 22.1.